The van der Waals surface area contributed by atoms with Crippen LogP contribution in [0.4, 0.5) is 9.18 Å². The molecule has 1 fully saturated rings. The molecule has 1 aromatic heterocycles. The van der Waals surface area contributed by atoms with E-state index in [0.717, 1.165) is 11.5 Å². The van der Waals surface area contributed by atoms with Crippen molar-refractivity contribution in [2.75, 3.05) is 13.2 Å². The number of benzene rings is 1. The summed E-state index contributed by atoms with van der Waals surface area (Å²) in [6.45, 7) is 3.09. The molecule has 1 saturated heterocycles. The SMILES string of the molecule is C=CC(=O)N1C[C@@H](F)C[C@@H]1COC(=O)N[C@@H](Cc1coc2ccccc12)B(O)O. The highest BCUT2D eigenvalue weighted by Crippen LogP contribution is 2.23. The van der Waals surface area contributed by atoms with Gasteiger partial charge in [0.1, 0.15) is 18.4 Å². The van der Waals surface area contributed by atoms with E-state index in [9.17, 15) is 24.0 Å². The number of carbonyl (C=O) groups excluding carboxylic acids is 2. The highest BCUT2D eigenvalue weighted by Gasteiger charge is 2.35. The molecule has 0 unspecified atom stereocenters. The predicted octanol–water partition coefficient (Wildman–Crippen LogP) is 1.21. The molecule has 2 heterocycles. The van der Waals surface area contributed by atoms with Crippen LogP contribution in [-0.4, -0.2) is 65.4 Å². The third-order valence-electron chi connectivity index (χ3n) is 4.89. The van der Waals surface area contributed by atoms with Gasteiger partial charge in [0.2, 0.25) is 5.91 Å². The minimum atomic E-state index is -1.84. The van der Waals surface area contributed by atoms with Crippen molar-refractivity contribution < 1.29 is 33.2 Å². The van der Waals surface area contributed by atoms with Gasteiger partial charge in [0.05, 0.1) is 24.8 Å². The van der Waals surface area contributed by atoms with E-state index >= 15 is 0 Å². The molecule has 154 valence electrons. The van der Waals surface area contributed by atoms with Crippen molar-refractivity contribution in [3.8, 4) is 0 Å². The smallest absolute Gasteiger partial charge is 0.464 e. The van der Waals surface area contributed by atoms with E-state index in [1.54, 1.807) is 6.07 Å². The molecule has 8 nitrogen and oxygen atoms in total. The summed E-state index contributed by atoms with van der Waals surface area (Å²) in [6.07, 6.45) is 0.631. The third-order valence-corrected chi connectivity index (χ3v) is 4.89. The van der Waals surface area contributed by atoms with Crippen LogP contribution in [0, 0.1) is 0 Å². The summed E-state index contributed by atoms with van der Waals surface area (Å²) in [5, 5.41) is 22.5. The highest BCUT2D eigenvalue weighted by molar-refractivity contribution is 6.43. The van der Waals surface area contributed by atoms with Gasteiger partial charge in [0, 0.05) is 11.8 Å². The summed E-state index contributed by atoms with van der Waals surface area (Å²) in [5.41, 5.74) is 1.34. The first kappa shape index (κ1) is 20.9. The van der Waals surface area contributed by atoms with Gasteiger partial charge in [-0.1, -0.05) is 24.8 Å². The molecule has 3 rings (SSSR count). The lowest BCUT2D eigenvalue weighted by Gasteiger charge is -2.23. The monoisotopic (exact) mass is 404 g/mol. The molecular weight excluding hydrogens is 382 g/mol. The molecule has 2 aromatic rings. The molecule has 3 atom stereocenters. The Morgan fingerprint density at radius 1 is 1.45 bits per heavy atom. The topological polar surface area (TPSA) is 112 Å². The second kappa shape index (κ2) is 9.10. The van der Waals surface area contributed by atoms with Crippen molar-refractivity contribution in [2.45, 2.75) is 31.0 Å². The fourth-order valence-electron chi connectivity index (χ4n) is 3.43. The number of nitrogens with one attached hydrogen (secondary N) is 1. The lowest BCUT2D eigenvalue weighted by Crippen LogP contribution is -2.48. The average Bonchev–Trinajstić information content (AvgIpc) is 3.28. The molecule has 29 heavy (non-hydrogen) atoms. The Bertz CT molecular complexity index is 888. The number of carbonyl (C=O) groups is 2. The van der Waals surface area contributed by atoms with Crippen LogP contribution in [0.5, 0.6) is 0 Å². The Balaban J connectivity index is 1.58. The summed E-state index contributed by atoms with van der Waals surface area (Å²) in [4.78, 5) is 25.2. The van der Waals surface area contributed by atoms with Crippen molar-refractivity contribution in [3.05, 3.63) is 48.7 Å². The molecule has 2 amide bonds. The zero-order chi connectivity index (χ0) is 21.0. The number of likely N-dealkylation sites (tertiary alicyclic amines) is 1. The first-order valence-corrected chi connectivity index (χ1v) is 9.20. The van der Waals surface area contributed by atoms with E-state index in [1.165, 1.54) is 11.2 Å². The molecule has 1 aromatic carbocycles. The van der Waals surface area contributed by atoms with E-state index in [1.807, 2.05) is 18.2 Å². The molecule has 0 bridgehead atoms. The molecule has 1 aliphatic heterocycles. The Kier molecular flexibility index (Phi) is 6.55. The molecular formula is C19H22BFN2O6. The van der Waals surface area contributed by atoms with Gasteiger partial charge in [-0.3, -0.25) is 4.79 Å². The van der Waals surface area contributed by atoms with Gasteiger partial charge in [-0.25, -0.2) is 9.18 Å². The Labute approximate surface area is 167 Å². The minimum absolute atomic E-state index is 0.0555. The molecule has 0 aliphatic carbocycles. The van der Waals surface area contributed by atoms with Crippen LogP contribution < -0.4 is 5.32 Å². The average molecular weight is 404 g/mol. The number of fused-ring (bicyclic) bond motifs is 1. The molecule has 0 saturated carbocycles. The lowest BCUT2D eigenvalue weighted by atomic mass is 9.76. The van der Waals surface area contributed by atoms with Gasteiger partial charge in [-0.2, -0.15) is 0 Å². The van der Waals surface area contributed by atoms with Crippen LogP contribution in [0.3, 0.4) is 0 Å². The van der Waals surface area contributed by atoms with Crippen LogP contribution in [0.2, 0.25) is 0 Å². The maximum Gasteiger partial charge on any atom is 0.475 e. The molecule has 10 heteroatoms. The number of amides is 2. The number of para-hydroxylation sites is 1. The standard InChI is InChI=1S/C19H22BFN2O6/c1-2-18(24)23-9-13(21)8-14(23)11-29-19(25)22-17(20(26)27)7-12-10-28-16-6-4-3-5-15(12)16/h2-6,10,13-14,17,26-27H,1,7-9,11H2,(H,22,25)/t13-,14+,17-/m0/s1. The van der Waals surface area contributed by atoms with E-state index in [2.05, 4.69) is 11.9 Å². The predicted molar refractivity (Wildman–Crippen MR) is 104 cm³/mol. The van der Waals surface area contributed by atoms with Crippen LogP contribution >= 0.6 is 0 Å². The zero-order valence-corrected chi connectivity index (χ0v) is 15.7. The van der Waals surface area contributed by atoms with Gasteiger partial charge in [-0.05, 0) is 24.1 Å². The lowest BCUT2D eigenvalue weighted by molar-refractivity contribution is -0.127. The Hall–Kier alpha value is -2.85. The van der Waals surface area contributed by atoms with E-state index in [-0.39, 0.29) is 26.0 Å². The summed E-state index contributed by atoms with van der Waals surface area (Å²) in [7, 11) is -1.84. The maximum absolute atomic E-state index is 13.6. The number of alkyl halides is 1. The number of rotatable bonds is 7. The summed E-state index contributed by atoms with van der Waals surface area (Å²) in [5.74, 6) is -1.48. The normalized spacial score (nSPS) is 19.8. The summed E-state index contributed by atoms with van der Waals surface area (Å²) < 4.78 is 24.2. The van der Waals surface area contributed by atoms with Crippen LogP contribution in [0.25, 0.3) is 11.0 Å². The fourth-order valence-corrected chi connectivity index (χ4v) is 3.43. The highest BCUT2D eigenvalue weighted by atomic mass is 19.1. The summed E-state index contributed by atoms with van der Waals surface area (Å²) in [6, 6.07) is 6.64. The molecule has 3 N–H and O–H groups in total. The van der Waals surface area contributed by atoms with E-state index in [0.29, 0.717) is 11.1 Å². The maximum atomic E-state index is 13.6. The van der Waals surface area contributed by atoms with Crippen molar-refractivity contribution >= 4 is 30.1 Å². The first-order chi connectivity index (χ1) is 13.9. The van der Waals surface area contributed by atoms with Gasteiger partial charge < -0.3 is 29.4 Å². The van der Waals surface area contributed by atoms with Crippen molar-refractivity contribution in [1.29, 1.82) is 0 Å². The van der Waals surface area contributed by atoms with Gasteiger partial charge in [-0.15, -0.1) is 0 Å². The molecule has 1 aliphatic rings. The number of hydrogen-bond donors (Lipinski definition) is 3. The van der Waals surface area contributed by atoms with Gasteiger partial charge in [0.25, 0.3) is 0 Å². The van der Waals surface area contributed by atoms with Crippen LogP contribution in [0.1, 0.15) is 12.0 Å². The molecule has 0 spiro atoms. The number of halogens is 1. The Morgan fingerprint density at radius 3 is 2.93 bits per heavy atom. The number of nitrogens with zero attached hydrogens (tertiary/aromatic N) is 1. The number of ether oxygens (including phenoxy) is 1. The largest absolute Gasteiger partial charge is 0.475 e. The fraction of sp³-hybridized carbons (Fsp3) is 0.368. The van der Waals surface area contributed by atoms with Crippen LogP contribution in [0.15, 0.2) is 47.6 Å². The quantitative estimate of drug-likeness (QED) is 0.473. The second-order valence-electron chi connectivity index (χ2n) is 6.91. The van der Waals surface area contributed by atoms with Crippen LogP contribution in [-0.2, 0) is 16.0 Å². The molecule has 0 radical (unpaired) electrons. The second-order valence-corrected chi connectivity index (χ2v) is 6.91. The van der Waals surface area contributed by atoms with Gasteiger partial charge in [0.15, 0.2) is 0 Å². The number of furan rings is 1. The number of hydrogen-bond acceptors (Lipinski definition) is 6. The zero-order valence-electron chi connectivity index (χ0n) is 15.7. The Morgan fingerprint density at radius 2 is 2.21 bits per heavy atom. The van der Waals surface area contributed by atoms with Crippen molar-refractivity contribution in [2.24, 2.45) is 0 Å². The van der Waals surface area contributed by atoms with E-state index in [4.69, 9.17) is 9.15 Å². The van der Waals surface area contributed by atoms with Crippen molar-refractivity contribution in [3.63, 3.8) is 0 Å². The minimum Gasteiger partial charge on any atom is -0.464 e. The number of alkyl carbamates (subject to hydrolysis) is 1. The summed E-state index contributed by atoms with van der Waals surface area (Å²) >= 11 is 0. The third kappa shape index (κ3) is 4.96. The van der Waals surface area contributed by atoms with Gasteiger partial charge >= 0.3 is 13.2 Å². The van der Waals surface area contributed by atoms with Crippen molar-refractivity contribution in [1.82, 2.24) is 10.2 Å². The first-order valence-electron chi connectivity index (χ1n) is 9.20. The van der Waals surface area contributed by atoms with E-state index < -0.39 is 37.3 Å².